The first-order chi connectivity index (χ1) is 6.65. The second kappa shape index (κ2) is 4.98. The average molecular weight is 199 g/mol. The predicted octanol–water partition coefficient (Wildman–Crippen LogP) is 1.59. The van der Waals surface area contributed by atoms with Gasteiger partial charge >= 0.3 is 6.09 Å². The first-order valence-electron chi connectivity index (χ1n) is 5.08. The molecule has 1 aliphatic heterocycles. The van der Waals surface area contributed by atoms with Gasteiger partial charge in [0.1, 0.15) is 5.78 Å². The first kappa shape index (κ1) is 11.0. The van der Waals surface area contributed by atoms with E-state index in [0.717, 1.165) is 19.4 Å². The number of hydrogen-bond donors (Lipinski definition) is 0. The van der Waals surface area contributed by atoms with E-state index in [-0.39, 0.29) is 17.9 Å². The van der Waals surface area contributed by atoms with Crippen LogP contribution in [0, 0.1) is 0 Å². The maximum absolute atomic E-state index is 11.4. The molecule has 0 aromatic carbocycles. The molecule has 14 heavy (non-hydrogen) atoms. The van der Waals surface area contributed by atoms with Gasteiger partial charge in [0.25, 0.3) is 0 Å². The lowest BCUT2D eigenvalue weighted by molar-refractivity contribution is -0.117. The van der Waals surface area contributed by atoms with Gasteiger partial charge in [-0.25, -0.2) is 4.79 Å². The molecule has 0 radical (unpaired) electrons. The number of ketones is 1. The van der Waals surface area contributed by atoms with Crippen molar-refractivity contribution in [1.29, 1.82) is 0 Å². The summed E-state index contributed by atoms with van der Waals surface area (Å²) >= 11 is 0. The van der Waals surface area contributed by atoms with Crippen LogP contribution in [0.5, 0.6) is 0 Å². The SMILES string of the molecule is CCOC(=O)N1CCC[C@H]1CC(C)=O. The van der Waals surface area contributed by atoms with Crippen molar-refractivity contribution in [3.8, 4) is 0 Å². The fraction of sp³-hybridized carbons (Fsp3) is 0.800. The molecule has 1 fully saturated rings. The molecule has 4 nitrogen and oxygen atoms in total. The van der Waals surface area contributed by atoms with Crippen LogP contribution in [0.3, 0.4) is 0 Å². The maximum atomic E-state index is 11.4. The molecular weight excluding hydrogens is 182 g/mol. The van der Waals surface area contributed by atoms with Crippen LogP contribution in [0.4, 0.5) is 4.79 Å². The van der Waals surface area contributed by atoms with Crippen LogP contribution in [0.15, 0.2) is 0 Å². The summed E-state index contributed by atoms with van der Waals surface area (Å²) in [6.07, 6.45) is 2.06. The number of likely N-dealkylation sites (tertiary alicyclic amines) is 1. The van der Waals surface area contributed by atoms with Gasteiger partial charge in [0.15, 0.2) is 0 Å². The van der Waals surface area contributed by atoms with E-state index in [0.29, 0.717) is 13.0 Å². The first-order valence-corrected chi connectivity index (χ1v) is 5.08. The molecule has 4 heteroatoms. The summed E-state index contributed by atoms with van der Waals surface area (Å²) in [7, 11) is 0. The molecule has 1 amide bonds. The van der Waals surface area contributed by atoms with E-state index in [2.05, 4.69) is 0 Å². The molecule has 0 spiro atoms. The predicted molar refractivity (Wildman–Crippen MR) is 52.0 cm³/mol. The normalized spacial score (nSPS) is 21.0. The van der Waals surface area contributed by atoms with Gasteiger partial charge in [-0.2, -0.15) is 0 Å². The van der Waals surface area contributed by atoms with Gasteiger partial charge in [-0.05, 0) is 26.7 Å². The summed E-state index contributed by atoms with van der Waals surface area (Å²) in [6, 6.07) is 0.0616. The Kier molecular flexibility index (Phi) is 3.92. The third kappa shape index (κ3) is 2.72. The summed E-state index contributed by atoms with van der Waals surface area (Å²) in [5.41, 5.74) is 0. The van der Waals surface area contributed by atoms with Gasteiger partial charge in [-0.3, -0.25) is 4.79 Å². The molecule has 0 saturated carbocycles. The van der Waals surface area contributed by atoms with Crippen molar-refractivity contribution in [1.82, 2.24) is 4.90 Å². The molecule has 1 heterocycles. The Balaban J connectivity index is 2.50. The van der Waals surface area contributed by atoms with Gasteiger partial charge in [-0.15, -0.1) is 0 Å². The smallest absolute Gasteiger partial charge is 0.410 e. The van der Waals surface area contributed by atoms with Crippen molar-refractivity contribution in [2.45, 2.75) is 39.2 Å². The minimum Gasteiger partial charge on any atom is -0.450 e. The molecule has 0 bridgehead atoms. The van der Waals surface area contributed by atoms with Crippen LogP contribution in [-0.2, 0) is 9.53 Å². The quantitative estimate of drug-likeness (QED) is 0.693. The number of rotatable bonds is 3. The second-order valence-electron chi connectivity index (χ2n) is 3.59. The Labute approximate surface area is 84.2 Å². The molecular formula is C10H17NO3. The molecule has 0 aromatic heterocycles. The van der Waals surface area contributed by atoms with Crippen molar-refractivity contribution in [2.24, 2.45) is 0 Å². The molecule has 0 aromatic rings. The number of carbonyl (C=O) groups excluding carboxylic acids is 2. The molecule has 80 valence electrons. The number of hydrogen-bond acceptors (Lipinski definition) is 3. The highest BCUT2D eigenvalue weighted by Crippen LogP contribution is 2.21. The lowest BCUT2D eigenvalue weighted by Crippen LogP contribution is -2.36. The molecule has 1 aliphatic rings. The van der Waals surface area contributed by atoms with Gasteiger partial charge in [-0.1, -0.05) is 0 Å². The van der Waals surface area contributed by atoms with Crippen LogP contribution in [0.25, 0.3) is 0 Å². The van der Waals surface area contributed by atoms with E-state index in [4.69, 9.17) is 4.74 Å². The van der Waals surface area contributed by atoms with Crippen molar-refractivity contribution >= 4 is 11.9 Å². The van der Waals surface area contributed by atoms with Crippen molar-refractivity contribution in [2.75, 3.05) is 13.2 Å². The number of carbonyl (C=O) groups is 2. The van der Waals surface area contributed by atoms with Crippen molar-refractivity contribution < 1.29 is 14.3 Å². The topological polar surface area (TPSA) is 46.6 Å². The lowest BCUT2D eigenvalue weighted by Gasteiger charge is -2.22. The highest BCUT2D eigenvalue weighted by atomic mass is 16.6. The van der Waals surface area contributed by atoms with Crippen LogP contribution in [-0.4, -0.2) is 36.0 Å². The van der Waals surface area contributed by atoms with E-state index in [1.807, 2.05) is 0 Å². The summed E-state index contributed by atoms with van der Waals surface area (Å²) in [5.74, 6) is 0.131. The number of amides is 1. The molecule has 0 aliphatic carbocycles. The summed E-state index contributed by atoms with van der Waals surface area (Å²) in [5, 5.41) is 0. The molecule has 1 saturated heterocycles. The van der Waals surface area contributed by atoms with Crippen LogP contribution >= 0.6 is 0 Å². The fourth-order valence-corrected chi connectivity index (χ4v) is 1.83. The van der Waals surface area contributed by atoms with E-state index in [9.17, 15) is 9.59 Å². The minimum absolute atomic E-state index is 0.0616. The number of Topliss-reactive ketones (excluding diaryl/α,β-unsaturated/α-hetero) is 1. The van der Waals surface area contributed by atoms with Crippen LogP contribution in [0.1, 0.15) is 33.1 Å². The maximum Gasteiger partial charge on any atom is 0.410 e. The van der Waals surface area contributed by atoms with E-state index < -0.39 is 0 Å². The summed E-state index contributed by atoms with van der Waals surface area (Å²) < 4.78 is 4.91. The van der Waals surface area contributed by atoms with E-state index >= 15 is 0 Å². The molecule has 0 unspecified atom stereocenters. The molecule has 1 rings (SSSR count). The molecule has 0 N–H and O–H groups in total. The third-order valence-corrected chi connectivity index (χ3v) is 2.40. The molecule has 1 atom stereocenters. The number of nitrogens with zero attached hydrogens (tertiary/aromatic N) is 1. The summed E-state index contributed by atoms with van der Waals surface area (Å²) in [6.45, 7) is 4.45. The zero-order chi connectivity index (χ0) is 10.6. The number of ether oxygens (including phenoxy) is 1. The van der Waals surface area contributed by atoms with E-state index in [1.54, 1.807) is 18.7 Å². The van der Waals surface area contributed by atoms with E-state index in [1.165, 1.54) is 0 Å². The van der Waals surface area contributed by atoms with Crippen LogP contribution in [0.2, 0.25) is 0 Å². The monoisotopic (exact) mass is 199 g/mol. The Bertz CT molecular complexity index is 227. The average Bonchev–Trinajstić information content (AvgIpc) is 2.51. The largest absolute Gasteiger partial charge is 0.450 e. The Morgan fingerprint density at radius 3 is 2.79 bits per heavy atom. The van der Waals surface area contributed by atoms with Gasteiger partial charge in [0.05, 0.1) is 6.61 Å². The summed E-state index contributed by atoms with van der Waals surface area (Å²) in [4.78, 5) is 24.0. The van der Waals surface area contributed by atoms with Gasteiger partial charge < -0.3 is 9.64 Å². The Morgan fingerprint density at radius 1 is 1.50 bits per heavy atom. The van der Waals surface area contributed by atoms with Gasteiger partial charge in [0.2, 0.25) is 0 Å². The van der Waals surface area contributed by atoms with Gasteiger partial charge in [0, 0.05) is 19.0 Å². The third-order valence-electron chi connectivity index (χ3n) is 2.40. The zero-order valence-corrected chi connectivity index (χ0v) is 8.78. The Morgan fingerprint density at radius 2 is 2.21 bits per heavy atom. The minimum atomic E-state index is -0.281. The zero-order valence-electron chi connectivity index (χ0n) is 8.78. The van der Waals surface area contributed by atoms with Crippen molar-refractivity contribution in [3.63, 3.8) is 0 Å². The lowest BCUT2D eigenvalue weighted by atomic mass is 10.1. The second-order valence-corrected chi connectivity index (χ2v) is 3.59. The highest BCUT2D eigenvalue weighted by Gasteiger charge is 2.30. The standard InChI is InChI=1S/C10H17NO3/c1-3-14-10(13)11-6-4-5-9(11)7-8(2)12/h9H,3-7H2,1-2H3/t9-/m0/s1. The van der Waals surface area contributed by atoms with Crippen molar-refractivity contribution in [3.05, 3.63) is 0 Å². The Hall–Kier alpha value is -1.06. The van der Waals surface area contributed by atoms with Crippen LogP contribution < -0.4 is 0 Å². The highest BCUT2D eigenvalue weighted by molar-refractivity contribution is 5.77. The fourth-order valence-electron chi connectivity index (χ4n) is 1.83.